The number of carbonyl (C=O) groups is 2. The van der Waals surface area contributed by atoms with Crippen LogP contribution in [0.1, 0.15) is 44.2 Å². The maximum atomic E-state index is 13.2. The summed E-state index contributed by atoms with van der Waals surface area (Å²) < 4.78 is 0. The maximum Gasteiger partial charge on any atom is 0.242 e. The van der Waals surface area contributed by atoms with Gasteiger partial charge in [-0.05, 0) is 43.9 Å². The van der Waals surface area contributed by atoms with E-state index >= 15 is 0 Å². The average molecular weight is 427 g/mol. The zero-order valence-electron chi connectivity index (χ0n) is 18.4. The molecule has 0 heterocycles. The Morgan fingerprint density at radius 3 is 2.37 bits per heavy atom. The number of nitrogens with one attached hydrogen (secondary N) is 1. The normalized spacial score (nSPS) is 11.7. The van der Waals surface area contributed by atoms with Crippen LogP contribution < -0.4 is 5.32 Å². The Morgan fingerprint density at radius 2 is 1.73 bits per heavy atom. The maximum absolute atomic E-state index is 13.2. The number of rotatable bonds is 12. The molecule has 4 nitrogen and oxygen atoms in total. The van der Waals surface area contributed by atoms with Crippen molar-refractivity contribution in [1.29, 1.82) is 0 Å². The van der Waals surface area contributed by atoms with Crippen molar-refractivity contribution in [3.8, 4) is 0 Å². The largest absolute Gasteiger partial charge is 0.354 e. The lowest BCUT2D eigenvalue weighted by atomic mass is 10.1. The number of hydrogen-bond acceptors (Lipinski definition) is 3. The summed E-state index contributed by atoms with van der Waals surface area (Å²) in [5, 5.41) is 3.01. The Morgan fingerprint density at radius 1 is 1.03 bits per heavy atom. The smallest absolute Gasteiger partial charge is 0.242 e. The van der Waals surface area contributed by atoms with Crippen LogP contribution in [0.15, 0.2) is 59.5 Å². The lowest BCUT2D eigenvalue weighted by molar-refractivity contribution is -0.138. The first-order valence-electron chi connectivity index (χ1n) is 10.9. The Hall–Kier alpha value is -2.27. The van der Waals surface area contributed by atoms with E-state index in [2.05, 4.69) is 36.5 Å². The molecule has 162 valence electrons. The standard InChI is InChI=1S/C25H34N2O2S/c1-4-6-17-26-25(29)23(5-2)27(18-16-21-10-8-7-9-11-21)24(28)19-30-22-14-12-20(3)13-15-22/h7-15,23H,4-6,16-19H2,1-3H3,(H,26,29)/t23-/m1/s1. The van der Waals surface area contributed by atoms with Crippen LogP contribution in [0.5, 0.6) is 0 Å². The van der Waals surface area contributed by atoms with Crippen LogP contribution in [0, 0.1) is 6.92 Å². The summed E-state index contributed by atoms with van der Waals surface area (Å²) in [6.07, 6.45) is 3.32. The fourth-order valence-corrected chi connectivity index (χ4v) is 4.05. The van der Waals surface area contributed by atoms with E-state index < -0.39 is 6.04 Å². The van der Waals surface area contributed by atoms with Gasteiger partial charge < -0.3 is 10.2 Å². The van der Waals surface area contributed by atoms with Gasteiger partial charge in [0.25, 0.3) is 0 Å². The number of hydrogen-bond donors (Lipinski definition) is 1. The van der Waals surface area contributed by atoms with Gasteiger partial charge in [0.15, 0.2) is 0 Å². The topological polar surface area (TPSA) is 49.4 Å². The molecule has 0 aliphatic heterocycles. The molecule has 0 saturated carbocycles. The van der Waals surface area contributed by atoms with Crippen LogP contribution >= 0.6 is 11.8 Å². The molecular weight excluding hydrogens is 392 g/mol. The molecular formula is C25H34N2O2S. The number of amides is 2. The predicted molar refractivity (Wildman–Crippen MR) is 126 cm³/mol. The van der Waals surface area contributed by atoms with Crippen molar-refractivity contribution in [2.45, 2.75) is 57.4 Å². The first-order valence-corrected chi connectivity index (χ1v) is 11.8. The van der Waals surface area contributed by atoms with E-state index in [0.29, 0.717) is 25.3 Å². The van der Waals surface area contributed by atoms with Crippen molar-refractivity contribution in [3.63, 3.8) is 0 Å². The fourth-order valence-electron chi connectivity index (χ4n) is 3.26. The highest BCUT2D eigenvalue weighted by Gasteiger charge is 2.28. The molecule has 0 aliphatic rings. The Kier molecular flexibility index (Phi) is 10.5. The predicted octanol–water partition coefficient (Wildman–Crippen LogP) is 4.85. The van der Waals surface area contributed by atoms with E-state index in [-0.39, 0.29) is 11.8 Å². The molecule has 0 aromatic heterocycles. The molecule has 2 rings (SSSR count). The van der Waals surface area contributed by atoms with Gasteiger partial charge in [-0.25, -0.2) is 0 Å². The van der Waals surface area contributed by atoms with Crippen LogP contribution in [-0.2, 0) is 16.0 Å². The summed E-state index contributed by atoms with van der Waals surface area (Å²) in [5.74, 6) is 0.290. The summed E-state index contributed by atoms with van der Waals surface area (Å²) >= 11 is 1.53. The molecule has 5 heteroatoms. The summed E-state index contributed by atoms with van der Waals surface area (Å²) in [4.78, 5) is 28.8. The van der Waals surface area contributed by atoms with Gasteiger partial charge in [-0.2, -0.15) is 0 Å². The third kappa shape index (κ3) is 7.86. The first kappa shape index (κ1) is 24.0. The zero-order chi connectivity index (χ0) is 21.8. The first-order chi connectivity index (χ1) is 14.5. The summed E-state index contributed by atoms with van der Waals surface area (Å²) in [6, 6.07) is 17.9. The third-order valence-corrected chi connectivity index (χ3v) is 6.08. The van der Waals surface area contributed by atoms with Crippen molar-refractivity contribution in [3.05, 3.63) is 65.7 Å². The van der Waals surface area contributed by atoms with Gasteiger partial charge in [-0.3, -0.25) is 9.59 Å². The second-order valence-corrected chi connectivity index (χ2v) is 8.54. The van der Waals surface area contributed by atoms with Gasteiger partial charge in [0.1, 0.15) is 6.04 Å². The number of unbranched alkanes of at least 4 members (excludes halogenated alkanes) is 1. The summed E-state index contributed by atoms with van der Waals surface area (Å²) in [6.45, 7) is 7.32. The highest BCUT2D eigenvalue weighted by molar-refractivity contribution is 8.00. The van der Waals surface area contributed by atoms with Crippen LogP contribution in [0.4, 0.5) is 0 Å². The van der Waals surface area contributed by atoms with Crippen LogP contribution in [0.2, 0.25) is 0 Å². The molecule has 0 unspecified atom stereocenters. The molecule has 2 aromatic rings. The molecule has 1 atom stereocenters. The van der Waals surface area contributed by atoms with Crippen molar-refractivity contribution in [2.75, 3.05) is 18.8 Å². The van der Waals surface area contributed by atoms with E-state index in [1.54, 1.807) is 4.90 Å². The monoisotopic (exact) mass is 426 g/mol. The van der Waals surface area contributed by atoms with Crippen molar-refractivity contribution >= 4 is 23.6 Å². The van der Waals surface area contributed by atoms with Crippen molar-refractivity contribution < 1.29 is 9.59 Å². The molecule has 0 fully saturated rings. The van der Waals surface area contributed by atoms with Crippen LogP contribution in [0.25, 0.3) is 0 Å². The van der Waals surface area contributed by atoms with Gasteiger partial charge in [0.05, 0.1) is 5.75 Å². The number of nitrogens with zero attached hydrogens (tertiary/aromatic N) is 1. The number of benzene rings is 2. The number of carbonyl (C=O) groups excluding carboxylic acids is 2. The SMILES string of the molecule is CCCCNC(=O)[C@@H](CC)N(CCc1ccccc1)C(=O)CSc1ccc(C)cc1. The summed E-state index contributed by atoms with van der Waals surface area (Å²) in [7, 11) is 0. The molecule has 0 spiro atoms. The van der Waals surface area contributed by atoms with Crippen LogP contribution in [-0.4, -0.2) is 41.6 Å². The second-order valence-electron chi connectivity index (χ2n) is 7.49. The average Bonchev–Trinajstić information content (AvgIpc) is 2.76. The molecule has 1 N–H and O–H groups in total. The number of thioether (sulfide) groups is 1. The molecule has 2 aromatic carbocycles. The fraction of sp³-hybridized carbons (Fsp3) is 0.440. The summed E-state index contributed by atoms with van der Waals surface area (Å²) in [5.41, 5.74) is 2.37. The number of aryl methyl sites for hydroxylation is 1. The molecule has 2 amide bonds. The second kappa shape index (κ2) is 13.1. The Labute approximate surface area is 185 Å². The van der Waals surface area contributed by atoms with Gasteiger partial charge >= 0.3 is 0 Å². The third-order valence-electron chi connectivity index (χ3n) is 5.08. The van der Waals surface area contributed by atoms with Crippen molar-refractivity contribution in [1.82, 2.24) is 10.2 Å². The minimum atomic E-state index is -0.434. The molecule has 0 aliphatic carbocycles. The van der Waals surface area contributed by atoms with Gasteiger partial charge in [-0.1, -0.05) is 68.3 Å². The Balaban J connectivity index is 2.08. The van der Waals surface area contributed by atoms with Crippen LogP contribution in [0.3, 0.4) is 0 Å². The Bertz CT molecular complexity index is 777. The van der Waals surface area contributed by atoms with E-state index in [1.807, 2.05) is 44.2 Å². The van der Waals surface area contributed by atoms with Gasteiger partial charge in [-0.15, -0.1) is 11.8 Å². The van der Waals surface area contributed by atoms with E-state index in [4.69, 9.17) is 0 Å². The lowest BCUT2D eigenvalue weighted by Gasteiger charge is -2.30. The minimum absolute atomic E-state index is 0.00833. The highest BCUT2D eigenvalue weighted by atomic mass is 32.2. The van der Waals surface area contributed by atoms with E-state index in [9.17, 15) is 9.59 Å². The van der Waals surface area contributed by atoms with Gasteiger partial charge in [0, 0.05) is 18.0 Å². The highest BCUT2D eigenvalue weighted by Crippen LogP contribution is 2.20. The molecule has 30 heavy (non-hydrogen) atoms. The molecule has 0 radical (unpaired) electrons. The van der Waals surface area contributed by atoms with E-state index in [1.165, 1.54) is 22.9 Å². The molecule has 0 saturated heterocycles. The minimum Gasteiger partial charge on any atom is -0.354 e. The van der Waals surface area contributed by atoms with Crippen molar-refractivity contribution in [2.24, 2.45) is 0 Å². The molecule has 0 bridgehead atoms. The van der Waals surface area contributed by atoms with E-state index in [0.717, 1.165) is 24.2 Å². The lowest BCUT2D eigenvalue weighted by Crippen LogP contribution is -2.50. The zero-order valence-corrected chi connectivity index (χ0v) is 19.2. The quantitative estimate of drug-likeness (QED) is 0.390. The van der Waals surface area contributed by atoms with Gasteiger partial charge in [0.2, 0.25) is 11.8 Å².